The van der Waals surface area contributed by atoms with Gasteiger partial charge in [0.25, 0.3) is 0 Å². The summed E-state index contributed by atoms with van der Waals surface area (Å²) in [6, 6.07) is 0.660. The van der Waals surface area contributed by atoms with E-state index in [4.69, 9.17) is 16.3 Å². The second kappa shape index (κ2) is 7.34. The SMILES string of the molecule is O=C(CCCCl)OCC1CCCN2CCCCC12. The summed E-state index contributed by atoms with van der Waals surface area (Å²) in [5.74, 6) is 1.01. The number of carbonyl (C=O) groups excluding carboxylic acids is 1. The molecule has 0 spiro atoms. The molecule has 2 saturated heterocycles. The van der Waals surface area contributed by atoms with Crippen LogP contribution in [0.3, 0.4) is 0 Å². The smallest absolute Gasteiger partial charge is 0.305 e. The lowest BCUT2D eigenvalue weighted by Gasteiger charge is -2.44. The van der Waals surface area contributed by atoms with E-state index in [2.05, 4.69) is 4.90 Å². The summed E-state index contributed by atoms with van der Waals surface area (Å²) in [6.45, 7) is 3.09. The van der Waals surface area contributed by atoms with Gasteiger partial charge in [-0.05, 0) is 45.2 Å². The van der Waals surface area contributed by atoms with Crippen LogP contribution in [0.1, 0.15) is 44.9 Å². The van der Waals surface area contributed by atoms with Crippen molar-refractivity contribution in [1.29, 1.82) is 0 Å². The summed E-state index contributed by atoms with van der Waals surface area (Å²) in [5.41, 5.74) is 0. The van der Waals surface area contributed by atoms with Gasteiger partial charge in [-0.25, -0.2) is 0 Å². The van der Waals surface area contributed by atoms with Crippen LogP contribution in [0.2, 0.25) is 0 Å². The number of hydrogen-bond donors (Lipinski definition) is 0. The molecule has 2 fully saturated rings. The maximum Gasteiger partial charge on any atom is 0.305 e. The first-order chi connectivity index (χ1) is 8.81. The average Bonchev–Trinajstić information content (AvgIpc) is 2.42. The number of carbonyl (C=O) groups is 1. The zero-order valence-electron chi connectivity index (χ0n) is 11.1. The van der Waals surface area contributed by atoms with E-state index in [1.807, 2.05) is 0 Å². The lowest BCUT2D eigenvalue weighted by molar-refractivity contribution is -0.146. The van der Waals surface area contributed by atoms with Gasteiger partial charge in [-0.15, -0.1) is 11.6 Å². The Bertz CT molecular complexity index is 271. The largest absolute Gasteiger partial charge is 0.465 e. The van der Waals surface area contributed by atoms with Gasteiger partial charge in [0.15, 0.2) is 0 Å². The maximum absolute atomic E-state index is 11.5. The molecule has 0 radical (unpaired) electrons. The van der Waals surface area contributed by atoms with Crippen molar-refractivity contribution in [3.63, 3.8) is 0 Å². The van der Waals surface area contributed by atoms with Gasteiger partial charge in [0, 0.05) is 24.3 Å². The van der Waals surface area contributed by atoms with Crippen molar-refractivity contribution < 1.29 is 9.53 Å². The van der Waals surface area contributed by atoms with Crippen molar-refractivity contribution in [1.82, 2.24) is 4.90 Å². The number of esters is 1. The Balaban J connectivity index is 1.75. The average molecular weight is 274 g/mol. The Kier molecular flexibility index (Phi) is 5.77. The first-order valence-electron chi connectivity index (χ1n) is 7.27. The van der Waals surface area contributed by atoms with Crippen LogP contribution < -0.4 is 0 Å². The molecule has 2 atom stereocenters. The number of hydrogen-bond acceptors (Lipinski definition) is 3. The predicted molar refractivity (Wildman–Crippen MR) is 72.8 cm³/mol. The highest BCUT2D eigenvalue weighted by Crippen LogP contribution is 2.30. The zero-order valence-corrected chi connectivity index (χ0v) is 11.8. The minimum Gasteiger partial charge on any atom is -0.465 e. The molecular weight excluding hydrogens is 250 g/mol. The van der Waals surface area contributed by atoms with Gasteiger partial charge in [-0.3, -0.25) is 9.69 Å². The van der Waals surface area contributed by atoms with E-state index >= 15 is 0 Å². The number of rotatable bonds is 5. The van der Waals surface area contributed by atoms with E-state index in [1.165, 1.54) is 45.2 Å². The molecule has 2 heterocycles. The van der Waals surface area contributed by atoms with Crippen molar-refractivity contribution in [2.75, 3.05) is 25.6 Å². The molecule has 2 rings (SSSR count). The first kappa shape index (κ1) is 14.1. The lowest BCUT2D eigenvalue weighted by Crippen LogP contribution is -2.49. The molecule has 0 saturated carbocycles. The van der Waals surface area contributed by atoms with E-state index in [9.17, 15) is 4.79 Å². The summed E-state index contributed by atoms with van der Waals surface area (Å²) in [5, 5.41) is 0. The third-order valence-corrected chi connectivity index (χ3v) is 4.47. The summed E-state index contributed by atoms with van der Waals surface area (Å²) < 4.78 is 5.41. The molecule has 0 bridgehead atoms. The number of alkyl halides is 1. The van der Waals surface area contributed by atoms with Crippen LogP contribution in [0.15, 0.2) is 0 Å². The fraction of sp³-hybridized carbons (Fsp3) is 0.929. The highest BCUT2D eigenvalue weighted by Gasteiger charge is 2.33. The van der Waals surface area contributed by atoms with Crippen LogP contribution in [0.4, 0.5) is 0 Å². The van der Waals surface area contributed by atoms with Crippen LogP contribution in [-0.2, 0) is 9.53 Å². The first-order valence-corrected chi connectivity index (χ1v) is 7.80. The Morgan fingerprint density at radius 2 is 2.06 bits per heavy atom. The molecule has 0 amide bonds. The molecule has 3 nitrogen and oxygen atoms in total. The third kappa shape index (κ3) is 3.86. The Labute approximate surface area is 115 Å². The maximum atomic E-state index is 11.5. The highest BCUT2D eigenvalue weighted by molar-refractivity contribution is 6.17. The van der Waals surface area contributed by atoms with Crippen molar-refractivity contribution in [3.05, 3.63) is 0 Å². The van der Waals surface area contributed by atoms with E-state index in [0.717, 1.165) is 6.42 Å². The molecule has 0 aromatic heterocycles. The van der Waals surface area contributed by atoms with Crippen LogP contribution in [0.5, 0.6) is 0 Å². The molecular formula is C14H24ClNO2. The number of halogens is 1. The molecule has 0 aromatic carbocycles. The van der Waals surface area contributed by atoms with Gasteiger partial charge in [-0.2, -0.15) is 0 Å². The van der Waals surface area contributed by atoms with Crippen LogP contribution in [-0.4, -0.2) is 42.5 Å². The molecule has 0 aromatic rings. The highest BCUT2D eigenvalue weighted by atomic mass is 35.5. The van der Waals surface area contributed by atoms with Gasteiger partial charge in [0.05, 0.1) is 6.61 Å². The van der Waals surface area contributed by atoms with Crippen molar-refractivity contribution in [3.8, 4) is 0 Å². The Hall–Kier alpha value is -0.280. The molecule has 18 heavy (non-hydrogen) atoms. The Morgan fingerprint density at radius 3 is 2.89 bits per heavy atom. The number of fused-ring (bicyclic) bond motifs is 1. The standard InChI is InChI=1S/C14H24ClNO2/c15-8-3-7-14(17)18-11-12-5-4-10-16-9-2-1-6-13(12)16/h12-13H,1-11H2. The Morgan fingerprint density at radius 1 is 1.22 bits per heavy atom. The number of ether oxygens (including phenoxy) is 1. The molecule has 0 aliphatic carbocycles. The van der Waals surface area contributed by atoms with Gasteiger partial charge in [0.2, 0.25) is 0 Å². The molecule has 2 unspecified atom stereocenters. The second-order valence-corrected chi connectivity index (χ2v) is 5.85. The van der Waals surface area contributed by atoms with Crippen molar-refractivity contribution in [2.24, 2.45) is 5.92 Å². The number of piperidine rings is 2. The summed E-state index contributed by atoms with van der Waals surface area (Å²) >= 11 is 5.57. The summed E-state index contributed by atoms with van der Waals surface area (Å²) in [7, 11) is 0. The zero-order chi connectivity index (χ0) is 12.8. The predicted octanol–water partition coefficient (Wildman–Crippen LogP) is 2.81. The van der Waals surface area contributed by atoms with E-state index in [-0.39, 0.29) is 5.97 Å². The monoisotopic (exact) mass is 273 g/mol. The molecule has 104 valence electrons. The molecule has 2 aliphatic rings. The summed E-state index contributed by atoms with van der Waals surface area (Å²) in [6.07, 6.45) is 7.59. The normalized spacial score (nSPS) is 28.7. The summed E-state index contributed by atoms with van der Waals surface area (Å²) in [4.78, 5) is 14.1. The van der Waals surface area contributed by atoms with E-state index < -0.39 is 0 Å². The second-order valence-electron chi connectivity index (χ2n) is 5.48. The fourth-order valence-electron chi connectivity index (χ4n) is 3.25. The molecule has 2 aliphatic heterocycles. The lowest BCUT2D eigenvalue weighted by atomic mass is 9.84. The van der Waals surface area contributed by atoms with Gasteiger partial charge in [0.1, 0.15) is 0 Å². The quantitative estimate of drug-likeness (QED) is 0.570. The van der Waals surface area contributed by atoms with Gasteiger partial charge < -0.3 is 4.74 Å². The van der Waals surface area contributed by atoms with Crippen LogP contribution in [0, 0.1) is 5.92 Å². The minimum absolute atomic E-state index is 0.0800. The third-order valence-electron chi connectivity index (χ3n) is 4.20. The van der Waals surface area contributed by atoms with Gasteiger partial charge >= 0.3 is 5.97 Å². The number of nitrogens with zero attached hydrogens (tertiary/aromatic N) is 1. The molecule has 0 N–H and O–H groups in total. The van der Waals surface area contributed by atoms with Crippen LogP contribution in [0.25, 0.3) is 0 Å². The minimum atomic E-state index is -0.0800. The topological polar surface area (TPSA) is 29.5 Å². The molecule has 4 heteroatoms. The van der Waals surface area contributed by atoms with E-state index in [1.54, 1.807) is 0 Å². The van der Waals surface area contributed by atoms with Crippen molar-refractivity contribution >= 4 is 17.6 Å². The van der Waals surface area contributed by atoms with Gasteiger partial charge in [-0.1, -0.05) is 6.42 Å². The van der Waals surface area contributed by atoms with E-state index in [0.29, 0.717) is 30.9 Å². The van der Waals surface area contributed by atoms with Crippen LogP contribution >= 0.6 is 11.6 Å². The van der Waals surface area contributed by atoms with Crippen molar-refractivity contribution in [2.45, 2.75) is 51.0 Å². The fourth-order valence-corrected chi connectivity index (χ4v) is 3.39.